The van der Waals surface area contributed by atoms with Crippen molar-refractivity contribution in [2.75, 3.05) is 0 Å². The first-order valence-electron chi connectivity index (χ1n) is 7.00. The zero-order chi connectivity index (χ0) is 14.3. The number of nitrogens with zero attached hydrogens (tertiary/aromatic N) is 2. The van der Waals surface area contributed by atoms with E-state index in [0.717, 1.165) is 19.3 Å². The van der Waals surface area contributed by atoms with Crippen molar-refractivity contribution in [3.8, 4) is 11.4 Å². The Hall–Kier alpha value is -1.69. The first-order chi connectivity index (χ1) is 9.58. The monoisotopic (exact) mass is 290 g/mol. The average molecular weight is 290 g/mol. The van der Waals surface area contributed by atoms with Crippen LogP contribution >= 0.6 is 12.2 Å². The molecule has 1 aliphatic rings. The topological polar surface area (TPSA) is 66.5 Å². The molecular formula is C14H18N4OS. The van der Waals surface area contributed by atoms with Crippen molar-refractivity contribution >= 4 is 12.2 Å². The van der Waals surface area contributed by atoms with E-state index in [9.17, 15) is 4.79 Å². The van der Waals surface area contributed by atoms with Gasteiger partial charge in [-0.25, -0.2) is 0 Å². The van der Waals surface area contributed by atoms with Gasteiger partial charge in [0.1, 0.15) is 0 Å². The predicted octanol–water partition coefficient (Wildman–Crippen LogP) is 2.76. The summed E-state index contributed by atoms with van der Waals surface area (Å²) in [6.07, 6.45) is 4.35. The molecule has 0 saturated heterocycles. The molecule has 0 aliphatic heterocycles. The summed E-state index contributed by atoms with van der Waals surface area (Å²) in [7, 11) is 0. The van der Waals surface area contributed by atoms with Gasteiger partial charge in [0.25, 0.3) is 5.56 Å². The van der Waals surface area contributed by atoms with Gasteiger partial charge in [0, 0.05) is 11.7 Å². The third-order valence-electron chi connectivity index (χ3n) is 3.81. The molecule has 106 valence electrons. The van der Waals surface area contributed by atoms with Gasteiger partial charge in [-0.1, -0.05) is 0 Å². The van der Waals surface area contributed by atoms with Crippen LogP contribution < -0.4 is 5.56 Å². The van der Waals surface area contributed by atoms with E-state index in [1.165, 1.54) is 17.7 Å². The summed E-state index contributed by atoms with van der Waals surface area (Å²) in [6.45, 7) is 4.10. The van der Waals surface area contributed by atoms with Gasteiger partial charge in [0.2, 0.25) is 4.77 Å². The number of rotatable bonds is 2. The van der Waals surface area contributed by atoms with Crippen LogP contribution in [-0.4, -0.2) is 19.7 Å². The van der Waals surface area contributed by atoms with Crippen LogP contribution in [0.3, 0.4) is 0 Å². The summed E-state index contributed by atoms with van der Waals surface area (Å²) >= 11 is 4.97. The fraction of sp³-hybridized carbons (Fsp3) is 0.500. The van der Waals surface area contributed by atoms with E-state index in [1.54, 1.807) is 0 Å². The number of aromatic amines is 2. The highest BCUT2D eigenvalue weighted by Crippen LogP contribution is 2.25. The Labute approximate surface area is 122 Å². The highest BCUT2D eigenvalue weighted by Gasteiger charge is 2.20. The molecule has 0 amide bonds. The van der Waals surface area contributed by atoms with E-state index in [4.69, 9.17) is 12.2 Å². The van der Waals surface area contributed by atoms with Crippen LogP contribution in [0.5, 0.6) is 0 Å². The van der Waals surface area contributed by atoms with Crippen LogP contribution in [0.15, 0.2) is 10.9 Å². The maximum absolute atomic E-state index is 12.7. The normalized spacial score (nSPS) is 14.6. The van der Waals surface area contributed by atoms with Crippen molar-refractivity contribution < 1.29 is 0 Å². The number of pyridine rings is 1. The first-order valence-corrected chi connectivity index (χ1v) is 7.41. The Morgan fingerprint density at radius 2 is 2.05 bits per heavy atom. The van der Waals surface area contributed by atoms with Crippen LogP contribution in [0, 0.1) is 4.77 Å². The smallest absolute Gasteiger partial charge is 0.262 e. The van der Waals surface area contributed by atoms with E-state index in [-0.39, 0.29) is 11.6 Å². The van der Waals surface area contributed by atoms with Crippen molar-refractivity contribution in [2.45, 2.75) is 45.6 Å². The lowest BCUT2D eigenvalue weighted by Gasteiger charge is -2.24. The third kappa shape index (κ3) is 2.14. The second kappa shape index (κ2) is 5.01. The van der Waals surface area contributed by atoms with E-state index >= 15 is 0 Å². The number of aromatic nitrogens is 4. The van der Waals surface area contributed by atoms with Gasteiger partial charge >= 0.3 is 0 Å². The van der Waals surface area contributed by atoms with Crippen molar-refractivity contribution in [1.82, 2.24) is 19.7 Å². The summed E-state index contributed by atoms with van der Waals surface area (Å²) in [5.41, 5.74) is 3.07. The molecule has 2 aromatic heterocycles. The van der Waals surface area contributed by atoms with Gasteiger partial charge in [-0.05, 0) is 63.4 Å². The fourth-order valence-electron chi connectivity index (χ4n) is 2.95. The summed E-state index contributed by atoms with van der Waals surface area (Å²) in [6, 6.07) is 2.13. The zero-order valence-corrected chi connectivity index (χ0v) is 12.5. The molecule has 0 spiro atoms. The van der Waals surface area contributed by atoms with Crippen LogP contribution in [0.1, 0.15) is 44.0 Å². The molecule has 1 aliphatic carbocycles. The molecule has 0 fully saturated rings. The predicted molar refractivity (Wildman–Crippen MR) is 80.5 cm³/mol. The largest absolute Gasteiger partial charge is 0.309 e. The molecule has 0 bridgehead atoms. The van der Waals surface area contributed by atoms with Gasteiger partial charge in [0.15, 0.2) is 5.82 Å². The van der Waals surface area contributed by atoms with Crippen LogP contribution in [0.2, 0.25) is 0 Å². The number of fused-ring (bicyclic) bond motifs is 1. The molecular weight excluding hydrogens is 272 g/mol. The van der Waals surface area contributed by atoms with Gasteiger partial charge in [-0.3, -0.25) is 15.0 Å². The van der Waals surface area contributed by atoms with E-state index in [1.807, 2.05) is 24.5 Å². The Morgan fingerprint density at radius 3 is 2.70 bits per heavy atom. The fourth-order valence-corrected chi connectivity index (χ4v) is 3.09. The lowest BCUT2D eigenvalue weighted by Crippen LogP contribution is -2.29. The first kappa shape index (κ1) is 13.3. The number of H-pyrrole nitrogens is 2. The Morgan fingerprint density at radius 1 is 1.30 bits per heavy atom. The lowest BCUT2D eigenvalue weighted by atomic mass is 9.93. The molecule has 6 heteroatoms. The molecule has 2 heterocycles. The molecule has 0 radical (unpaired) electrons. The molecule has 0 saturated carbocycles. The molecule has 2 aromatic rings. The second-order valence-corrected chi connectivity index (χ2v) is 5.91. The highest BCUT2D eigenvalue weighted by atomic mass is 32.1. The van der Waals surface area contributed by atoms with Gasteiger partial charge < -0.3 is 4.57 Å². The number of aryl methyl sites for hydroxylation is 1. The van der Waals surface area contributed by atoms with E-state index < -0.39 is 0 Å². The minimum atomic E-state index is 0.0124. The Kier molecular flexibility index (Phi) is 3.33. The highest BCUT2D eigenvalue weighted by molar-refractivity contribution is 7.71. The van der Waals surface area contributed by atoms with Gasteiger partial charge in [-0.2, -0.15) is 4.98 Å². The van der Waals surface area contributed by atoms with Crippen LogP contribution in [0.25, 0.3) is 11.4 Å². The summed E-state index contributed by atoms with van der Waals surface area (Å²) in [5, 5.41) is 5.64. The van der Waals surface area contributed by atoms with Gasteiger partial charge in [0.05, 0.1) is 5.56 Å². The summed E-state index contributed by atoms with van der Waals surface area (Å²) in [4.78, 5) is 16.9. The number of hydrogen-bond acceptors (Lipinski definition) is 3. The van der Waals surface area contributed by atoms with Gasteiger partial charge in [-0.15, -0.1) is 0 Å². The van der Waals surface area contributed by atoms with Crippen molar-refractivity contribution in [1.29, 1.82) is 0 Å². The molecule has 0 aromatic carbocycles. The molecule has 2 N–H and O–H groups in total. The summed E-state index contributed by atoms with van der Waals surface area (Å²) < 4.78 is 2.28. The molecule has 0 unspecified atom stereocenters. The minimum Gasteiger partial charge on any atom is -0.309 e. The third-order valence-corrected chi connectivity index (χ3v) is 4.00. The number of nitrogens with one attached hydrogen (secondary N) is 2. The quantitative estimate of drug-likeness (QED) is 0.836. The van der Waals surface area contributed by atoms with E-state index in [0.29, 0.717) is 16.2 Å². The molecule has 0 atom stereocenters. The molecule has 5 nitrogen and oxygen atoms in total. The van der Waals surface area contributed by atoms with E-state index in [2.05, 4.69) is 15.2 Å². The second-order valence-electron chi connectivity index (χ2n) is 5.52. The summed E-state index contributed by atoms with van der Waals surface area (Å²) in [5.74, 6) is 0.530. The SMILES string of the molecule is CC(C)n1c2c(cc(-c3nc(=S)[nH][nH]3)c1=O)CCCC2. The number of hydrogen-bond donors (Lipinski definition) is 2. The Bertz CT molecular complexity index is 753. The van der Waals surface area contributed by atoms with Crippen molar-refractivity contribution in [3.05, 3.63) is 32.4 Å². The maximum atomic E-state index is 12.7. The van der Waals surface area contributed by atoms with Crippen LogP contribution in [-0.2, 0) is 12.8 Å². The molecule has 20 heavy (non-hydrogen) atoms. The standard InChI is InChI=1S/C14H18N4OS/c1-8(2)18-11-6-4-3-5-9(11)7-10(13(18)19)12-15-14(20)17-16-12/h7-8H,3-6H2,1-2H3,(H2,15,16,17,20). The van der Waals surface area contributed by atoms with Crippen molar-refractivity contribution in [3.63, 3.8) is 0 Å². The van der Waals surface area contributed by atoms with Crippen LogP contribution in [0.4, 0.5) is 0 Å². The van der Waals surface area contributed by atoms with Crippen molar-refractivity contribution in [2.24, 2.45) is 0 Å². The average Bonchev–Trinajstić information content (AvgIpc) is 2.84. The zero-order valence-electron chi connectivity index (χ0n) is 11.7. The Balaban J connectivity index is 2.29. The molecule has 3 rings (SSSR count). The minimum absolute atomic E-state index is 0.0124. The lowest BCUT2D eigenvalue weighted by molar-refractivity contribution is 0.519. The maximum Gasteiger partial charge on any atom is 0.262 e.